The Morgan fingerprint density at radius 3 is 0.556 bits per heavy atom. The predicted octanol–water partition coefficient (Wildman–Crippen LogP) is -2.22. The summed E-state index contributed by atoms with van der Waals surface area (Å²) in [6.07, 6.45) is 0. The van der Waals surface area contributed by atoms with E-state index in [0.29, 0.717) is 0 Å². The van der Waals surface area contributed by atoms with Crippen molar-refractivity contribution < 1.29 is 46.2 Å². The normalized spacial score (nSPS) is 5.00. The summed E-state index contributed by atoms with van der Waals surface area (Å²) in [5.74, 6) is 0. The van der Waals surface area contributed by atoms with Gasteiger partial charge in [0.15, 0.2) is 0 Å². The van der Waals surface area contributed by atoms with E-state index in [1.54, 1.807) is 0 Å². The molecule has 0 rings (SSSR count). The minimum atomic E-state index is -1.50. The number of nitrogens with zero attached hydrogens (tertiary/aromatic N) is 3. The van der Waals surface area contributed by atoms with Gasteiger partial charge in [-0.15, -0.1) is 30.3 Å². The summed E-state index contributed by atoms with van der Waals surface area (Å²) in [4.78, 5) is 25.1. The standard InChI is InChI=1S/3CH4O.3HNO3/c3*1-2;3*2-1(3)4/h3*2H,1H3;3*(H,2,3,4). The molecule has 0 aliphatic carbocycles. The third kappa shape index (κ3) is 331. The molecule has 0 aliphatic heterocycles. The van der Waals surface area contributed by atoms with Gasteiger partial charge in [0.2, 0.25) is 0 Å². The van der Waals surface area contributed by atoms with Crippen LogP contribution in [0.1, 0.15) is 0 Å². The van der Waals surface area contributed by atoms with Gasteiger partial charge in [0.1, 0.15) is 0 Å². The highest BCUT2D eigenvalue weighted by molar-refractivity contribution is 3.84. The minimum absolute atomic E-state index is 1.00. The Bertz CT molecular complexity index is 120. The molecule has 0 aromatic carbocycles. The quantitative estimate of drug-likeness (QED) is 0.204. The van der Waals surface area contributed by atoms with Crippen LogP contribution >= 0.6 is 0 Å². The third-order valence-corrected chi connectivity index (χ3v) is 0. The van der Waals surface area contributed by atoms with E-state index in [-0.39, 0.29) is 0 Å². The Labute approximate surface area is 99.1 Å². The smallest absolute Gasteiger partial charge is 0.291 e. The highest BCUT2D eigenvalue weighted by Crippen LogP contribution is 1.39. The number of hydrogen-bond acceptors (Lipinski definition) is 9. The Balaban J connectivity index is -0.0000000249. The molecule has 0 radical (unpaired) electrons. The molecular formula is C3H15N3O12. The Morgan fingerprint density at radius 2 is 0.556 bits per heavy atom. The molecule has 114 valence electrons. The maximum atomic E-state index is 8.36. The maximum absolute atomic E-state index is 8.36. The van der Waals surface area contributed by atoms with Gasteiger partial charge in [-0.25, -0.2) is 0 Å². The number of hydrogen-bond donors (Lipinski definition) is 6. The van der Waals surface area contributed by atoms with Crippen molar-refractivity contribution in [1.29, 1.82) is 0 Å². The molecule has 0 fully saturated rings. The van der Waals surface area contributed by atoms with E-state index >= 15 is 0 Å². The van der Waals surface area contributed by atoms with Gasteiger partial charge in [-0.3, -0.25) is 0 Å². The van der Waals surface area contributed by atoms with Crippen LogP contribution in [0, 0.1) is 30.3 Å². The van der Waals surface area contributed by atoms with E-state index in [9.17, 15) is 0 Å². The van der Waals surface area contributed by atoms with Gasteiger partial charge in [-0.2, -0.15) is 0 Å². The van der Waals surface area contributed by atoms with Crippen LogP contribution in [-0.4, -0.2) is 67.5 Å². The van der Waals surface area contributed by atoms with E-state index in [4.69, 9.17) is 61.3 Å². The van der Waals surface area contributed by atoms with Crippen LogP contribution in [-0.2, 0) is 0 Å². The second kappa shape index (κ2) is 62.7. The van der Waals surface area contributed by atoms with Crippen LogP contribution < -0.4 is 0 Å². The van der Waals surface area contributed by atoms with Crippen molar-refractivity contribution in [3.05, 3.63) is 30.3 Å². The number of aliphatic hydroxyl groups is 3. The van der Waals surface area contributed by atoms with Crippen LogP contribution in [0.4, 0.5) is 0 Å². The average Bonchev–Trinajstić information content (AvgIpc) is 2.23. The van der Waals surface area contributed by atoms with E-state index in [1.807, 2.05) is 0 Å². The van der Waals surface area contributed by atoms with E-state index in [0.717, 1.165) is 21.3 Å². The lowest BCUT2D eigenvalue weighted by atomic mass is 11.8. The highest BCUT2D eigenvalue weighted by atomic mass is 16.9. The van der Waals surface area contributed by atoms with Crippen molar-refractivity contribution in [3.63, 3.8) is 0 Å². The van der Waals surface area contributed by atoms with Gasteiger partial charge in [-0.05, 0) is 0 Å². The Kier molecular flexibility index (Phi) is 126. The summed E-state index contributed by atoms with van der Waals surface area (Å²) < 4.78 is 0. The molecule has 0 aromatic rings. The molecule has 0 bridgehead atoms. The maximum Gasteiger partial charge on any atom is 0.291 e. The van der Waals surface area contributed by atoms with Crippen LogP contribution in [0.3, 0.4) is 0 Å². The molecule has 6 N–H and O–H groups in total. The van der Waals surface area contributed by atoms with Crippen LogP contribution in [0.2, 0.25) is 0 Å². The monoisotopic (exact) mass is 285 g/mol. The van der Waals surface area contributed by atoms with Gasteiger partial charge in [-0.1, -0.05) is 0 Å². The molecule has 0 atom stereocenters. The van der Waals surface area contributed by atoms with Gasteiger partial charge in [0.05, 0.1) is 0 Å². The fraction of sp³-hybridized carbons (Fsp3) is 1.00. The van der Waals surface area contributed by atoms with Crippen molar-refractivity contribution in [2.24, 2.45) is 0 Å². The largest absolute Gasteiger partial charge is 0.400 e. The first-order valence-corrected chi connectivity index (χ1v) is 3.04. The zero-order valence-electron chi connectivity index (χ0n) is 9.47. The van der Waals surface area contributed by atoms with Crippen LogP contribution in [0.25, 0.3) is 0 Å². The van der Waals surface area contributed by atoms with Crippen LogP contribution in [0.15, 0.2) is 0 Å². The average molecular weight is 285 g/mol. The van der Waals surface area contributed by atoms with Crippen molar-refractivity contribution in [2.75, 3.05) is 21.3 Å². The summed E-state index contributed by atoms with van der Waals surface area (Å²) in [5.41, 5.74) is 0. The lowest BCUT2D eigenvalue weighted by Gasteiger charge is -1.56. The fourth-order valence-corrected chi connectivity index (χ4v) is 0. The molecule has 0 saturated heterocycles. The van der Waals surface area contributed by atoms with Crippen molar-refractivity contribution >= 4 is 0 Å². The van der Waals surface area contributed by atoms with Gasteiger partial charge < -0.3 is 30.9 Å². The summed E-state index contributed by atoms with van der Waals surface area (Å²) in [5, 5.41) is 61.9. The molecule has 0 spiro atoms. The summed E-state index contributed by atoms with van der Waals surface area (Å²) in [7, 11) is 3.00. The molecule has 0 amide bonds. The highest BCUT2D eigenvalue weighted by Gasteiger charge is 1.66. The van der Waals surface area contributed by atoms with Gasteiger partial charge in [0.25, 0.3) is 15.3 Å². The summed E-state index contributed by atoms with van der Waals surface area (Å²) in [6, 6.07) is 0. The molecule has 0 aromatic heterocycles. The molecular weight excluding hydrogens is 270 g/mol. The molecule has 18 heavy (non-hydrogen) atoms. The summed E-state index contributed by atoms with van der Waals surface area (Å²) in [6.45, 7) is 0. The van der Waals surface area contributed by atoms with Crippen molar-refractivity contribution in [3.8, 4) is 0 Å². The second-order valence-electron chi connectivity index (χ2n) is 0.714. The van der Waals surface area contributed by atoms with E-state index in [1.165, 1.54) is 0 Å². The first kappa shape index (κ1) is 36.1. The van der Waals surface area contributed by atoms with Crippen molar-refractivity contribution in [1.82, 2.24) is 0 Å². The molecule has 0 saturated carbocycles. The zero-order valence-corrected chi connectivity index (χ0v) is 9.47. The number of aliphatic hydroxyl groups excluding tert-OH is 3. The Hall–Kier alpha value is -2.52. The van der Waals surface area contributed by atoms with Gasteiger partial charge in [0, 0.05) is 21.3 Å². The third-order valence-electron chi connectivity index (χ3n) is 0. The van der Waals surface area contributed by atoms with E-state index in [2.05, 4.69) is 0 Å². The first-order valence-electron chi connectivity index (χ1n) is 3.04. The molecule has 15 heteroatoms. The lowest BCUT2D eigenvalue weighted by molar-refractivity contribution is -0.742. The topological polar surface area (TPSA) is 251 Å². The fourth-order valence-electron chi connectivity index (χ4n) is 0. The zero-order chi connectivity index (χ0) is 16.7. The van der Waals surface area contributed by atoms with Crippen LogP contribution in [0.5, 0.6) is 0 Å². The lowest BCUT2D eigenvalue weighted by Crippen LogP contribution is -1.81. The number of rotatable bonds is 0. The summed E-state index contributed by atoms with van der Waals surface area (Å²) >= 11 is 0. The molecule has 0 heterocycles. The predicted molar refractivity (Wildman–Crippen MR) is 50.8 cm³/mol. The minimum Gasteiger partial charge on any atom is -0.400 e. The van der Waals surface area contributed by atoms with E-state index < -0.39 is 15.3 Å². The Morgan fingerprint density at radius 1 is 0.556 bits per heavy atom. The molecule has 0 unspecified atom stereocenters. The molecule has 15 nitrogen and oxygen atoms in total. The molecule has 0 aliphatic rings. The van der Waals surface area contributed by atoms with Crippen molar-refractivity contribution in [2.45, 2.75) is 0 Å². The SMILES string of the molecule is CO.CO.CO.O=[N+]([O-])O.O=[N+]([O-])O.O=[N+]([O-])O. The van der Waals surface area contributed by atoms with Gasteiger partial charge >= 0.3 is 0 Å². The first-order chi connectivity index (χ1) is 8.20. The second-order valence-corrected chi connectivity index (χ2v) is 0.714.